The molecule has 2 rings (SSSR count). The lowest BCUT2D eigenvalue weighted by atomic mass is 10.1. The largest absolute Gasteiger partial charge is 0.326 e. The van der Waals surface area contributed by atoms with Crippen molar-refractivity contribution in [2.75, 3.05) is 32.0 Å². The molecule has 1 saturated heterocycles. The molecular formula is C15H23N3O. The number of benzene rings is 1. The standard InChI is InChI=1S/C15H23N3O/c1-16-14-8-5-10-18(12-14)11-9-15(19)17-13-6-3-2-4-7-13/h2-4,6-7,14,16H,5,8-12H2,1H3,(H,17,19). The normalized spacial score (nSPS) is 20.2. The molecule has 4 nitrogen and oxygen atoms in total. The Morgan fingerprint density at radius 2 is 2.16 bits per heavy atom. The van der Waals surface area contributed by atoms with Crippen LogP contribution in [0.15, 0.2) is 30.3 Å². The van der Waals surface area contributed by atoms with Gasteiger partial charge in [-0.2, -0.15) is 0 Å². The maximum Gasteiger partial charge on any atom is 0.225 e. The molecule has 0 saturated carbocycles. The van der Waals surface area contributed by atoms with Gasteiger partial charge in [0.05, 0.1) is 0 Å². The highest BCUT2D eigenvalue weighted by molar-refractivity contribution is 5.90. The minimum absolute atomic E-state index is 0.0952. The van der Waals surface area contributed by atoms with E-state index in [0.29, 0.717) is 12.5 Å². The molecule has 1 aliphatic heterocycles. The molecule has 1 aliphatic rings. The third-order valence-electron chi connectivity index (χ3n) is 3.63. The summed E-state index contributed by atoms with van der Waals surface area (Å²) in [6.07, 6.45) is 3.01. The summed E-state index contributed by atoms with van der Waals surface area (Å²) in [7, 11) is 2.01. The lowest BCUT2D eigenvalue weighted by molar-refractivity contribution is -0.116. The van der Waals surface area contributed by atoms with Crippen LogP contribution in [0.5, 0.6) is 0 Å². The number of hydrogen-bond donors (Lipinski definition) is 2. The fourth-order valence-corrected chi connectivity index (χ4v) is 2.50. The van der Waals surface area contributed by atoms with Crippen LogP contribution >= 0.6 is 0 Å². The Morgan fingerprint density at radius 3 is 2.89 bits per heavy atom. The second-order valence-corrected chi connectivity index (χ2v) is 5.09. The molecule has 0 spiro atoms. The first-order chi connectivity index (χ1) is 9.28. The van der Waals surface area contributed by atoms with E-state index >= 15 is 0 Å². The number of hydrogen-bond acceptors (Lipinski definition) is 3. The number of nitrogens with zero attached hydrogens (tertiary/aromatic N) is 1. The first-order valence-corrected chi connectivity index (χ1v) is 7.02. The number of para-hydroxylation sites is 1. The van der Waals surface area contributed by atoms with Gasteiger partial charge >= 0.3 is 0 Å². The Balaban J connectivity index is 1.71. The van der Waals surface area contributed by atoms with E-state index in [-0.39, 0.29) is 5.91 Å². The first-order valence-electron chi connectivity index (χ1n) is 7.02. The number of likely N-dealkylation sites (N-methyl/N-ethyl adjacent to an activating group) is 1. The molecule has 104 valence electrons. The van der Waals surface area contributed by atoms with Crippen molar-refractivity contribution in [3.05, 3.63) is 30.3 Å². The lowest BCUT2D eigenvalue weighted by Gasteiger charge is -2.32. The van der Waals surface area contributed by atoms with E-state index < -0.39 is 0 Å². The Labute approximate surface area is 115 Å². The van der Waals surface area contributed by atoms with Crippen molar-refractivity contribution >= 4 is 11.6 Å². The zero-order valence-corrected chi connectivity index (χ0v) is 11.6. The predicted molar refractivity (Wildman–Crippen MR) is 78.2 cm³/mol. The minimum atomic E-state index is 0.0952. The summed E-state index contributed by atoms with van der Waals surface area (Å²) in [6.45, 7) is 3.00. The van der Waals surface area contributed by atoms with Crippen molar-refractivity contribution in [2.24, 2.45) is 0 Å². The van der Waals surface area contributed by atoms with Gasteiger partial charge in [0.15, 0.2) is 0 Å². The molecule has 0 bridgehead atoms. The van der Waals surface area contributed by atoms with Crippen molar-refractivity contribution in [1.82, 2.24) is 10.2 Å². The molecule has 0 radical (unpaired) electrons. The molecule has 1 aromatic rings. The van der Waals surface area contributed by atoms with Gasteiger partial charge in [-0.15, -0.1) is 0 Å². The summed E-state index contributed by atoms with van der Waals surface area (Å²) in [4.78, 5) is 14.2. The third-order valence-corrected chi connectivity index (χ3v) is 3.63. The molecule has 1 unspecified atom stereocenters. The number of nitrogens with one attached hydrogen (secondary N) is 2. The third kappa shape index (κ3) is 4.65. The smallest absolute Gasteiger partial charge is 0.225 e. The number of rotatable bonds is 5. The summed E-state index contributed by atoms with van der Waals surface area (Å²) in [5.41, 5.74) is 0.874. The van der Waals surface area contributed by atoms with Gasteiger partial charge in [-0.05, 0) is 38.6 Å². The second-order valence-electron chi connectivity index (χ2n) is 5.09. The van der Waals surface area contributed by atoms with E-state index in [9.17, 15) is 4.79 Å². The van der Waals surface area contributed by atoms with Crippen molar-refractivity contribution in [1.29, 1.82) is 0 Å². The Bertz CT molecular complexity index is 394. The van der Waals surface area contributed by atoms with Crippen LogP contribution in [-0.2, 0) is 4.79 Å². The fraction of sp³-hybridized carbons (Fsp3) is 0.533. The van der Waals surface area contributed by atoms with Crippen LogP contribution in [0, 0.1) is 0 Å². The zero-order valence-electron chi connectivity index (χ0n) is 11.6. The number of piperidine rings is 1. The maximum absolute atomic E-state index is 11.9. The monoisotopic (exact) mass is 261 g/mol. The van der Waals surface area contributed by atoms with Crippen LogP contribution in [0.3, 0.4) is 0 Å². The summed E-state index contributed by atoms with van der Waals surface area (Å²) >= 11 is 0. The average molecular weight is 261 g/mol. The van der Waals surface area contributed by atoms with Gasteiger partial charge in [0.1, 0.15) is 0 Å². The zero-order chi connectivity index (χ0) is 13.5. The lowest BCUT2D eigenvalue weighted by Crippen LogP contribution is -2.45. The van der Waals surface area contributed by atoms with Crippen LogP contribution in [0.4, 0.5) is 5.69 Å². The molecule has 0 aliphatic carbocycles. The second kappa shape index (κ2) is 7.26. The van der Waals surface area contributed by atoms with Crippen LogP contribution in [0.2, 0.25) is 0 Å². The summed E-state index contributed by atoms with van der Waals surface area (Å²) in [6, 6.07) is 10.2. The topological polar surface area (TPSA) is 44.4 Å². The van der Waals surface area contributed by atoms with Crippen LogP contribution in [-0.4, -0.2) is 43.5 Å². The van der Waals surface area contributed by atoms with E-state index in [2.05, 4.69) is 15.5 Å². The van der Waals surface area contributed by atoms with Gasteiger partial charge < -0.3 is 15.5 Å². The van der Waals surface area contributed by atoms with Crippen molar-refractivity contribution in [3.8, 4) is 0 Å². The molecule has 1 amide bonds. The first kappa shape index (κ1) is 14.0. The van der Waals surface area contributed by atoms with Crippen LogP contribution < -0.4 is 10.6 Å². The Morgan fingerprint density at radius 1 is 1.37 bits per heavy atom. The average Bonchev–Trinajstić information content (AvgIpc) is 2.46. The molecule has 2 N–H and O–H groups in total. The van der Waals surface area contributed by atoms with E-state index in [4.69, 9.17) is 0 Å². The molecule has 1 atom stereocenters. The summed E-state index contributed by atoms with van der Waals surface area (Å²) in [5.74, 6) is 0.0952. The SMILES string of the molecule is CNC1CCCN(CCC(=O)Nc2ccccc2)C1. The van der Waals surface area contributed by atoms with E-state index in [1.165, 1.54) is 12.8 Å². The quantitative estimate of drug-likeness (QED) is 0.848. The number of anilines is 1. The van der Waals surface area contributed by atoms with Gasteiger partial charge in [0.25, 0.3) is 0 Å². The van der Waals surface area contributed by atoms with E-state index in [0.717, 1.165) is 25.3 Å². The Hall–Kier alpha value is -1.39. The maximum atomic E-state index is 11.9. The van der Waals surface area contributed by atoms with Crippen molar-refractivity contribution in [2.45, 2.75) is 25.3 Å². The van der Waals surface area contributed by atoms with Gasteiger partial charge in [-0.1, -0.05) is 18.2 Å². The Kier molecular flexibility index (Phi) is 5.36. The molecule has 1 heterocycles. The molecule has 0 aromatic heterocycles. The van der Waals surface area contributed by atoms with E-state index in [1.54, 1.807) is 0 Å². The molecular weight excluding hydrogens is 238 g/mol. The highest BCUT2D eigenvalue weighted by Gasteiger charge is 2.18. The van der Waals surface area contributed by atoms with Gasteiger partial charge in [-0.25, -0.2) is 0 Å². The fourth-order valence-electron chi connectivity index (χ4n) is 2.50. The highest BCUT2D eigenvalue weighted by Crippen LogP contribution is 2.10. The van der Waals surface area contributed by atoms with Crippen LogP contribution in [0.1, 0.15) is 19.3 Å². The van der Waals surface area contributed by atoms with Gasteiger partial charge in [0, 0.05) is 31.2 Å². The van der Waals surface area contributed by atoms with E-state index in [1.807, 2.05) is 37.4 Å². The summed E-state index contributed by atoms with van der Waals surface area (Å²) in [5, 5.41) is 6.24. The minimum Gasteiger partial charge on any atom is -0.326 e. The number of amides is 1. The molecule has 19 heavy (non-hydrogen) atoms. The predicted octanol–water partition coefficient (Wildman–Crippen LogP) is 1.70. The number of likely N-dealkylation sites (tertiary alicyclic amines) is 1. The van der Waals surface area contributed by atoms with Gasteiger partial charge in [0.2, 0.25) is 5.91 Å². The molecule has 4 heteroatoms. The van der Waals surface area contributed by atoms with Crippen LogP contribution in [0.25, 0.3) is 0 Å². The summed E-state index contributed by atoms with van der Waals surface area (Å²) < 4.78 is 0. The van der Waals surface area contributed by atoms with Crippen molar-refractivity contribution < 1.29 is 4.79 Å². The molecule has 1 fully saturated rings. The highest BCUT2D eigenvalue weighted by atomic mass is 16.1. The number of carbonyl (C=O) groups excluding carboxylic acids is 1. The molecule has 1 aromatic carbocycles. The van der Waals surface area contributed by atoms with Gasteiger partial charge in [-0.3, -0.25) is 4.79 Å². The number of carbonyl (C=O) groups is 1. The van der Waals surface area contributed by atoms with Crippen molar-refractivity contribution in [3.63, 3.8) is 0 Å².